The average Bonchev–Trinajstić information content (AvgIpc) is 2.31. The lowest BCUT2D eigenvalue weighted by molar-refractivity contribution is 0.0243. The molecule has 2 rings (SSSR count). The van der Waals surface area contributed by atoms with E-state index in [2.05, 4.69) is 19.1 Å². The van der Waals surface area contributed by atoms with E-state index >= 15 is 0 Å². The van der Waals surface area contributed by atoms with Crippen molar-refractivity contribution >= 4 is 0 Å². The van der Waals surface area contributed by atoms with Crippen molar-refractivity contribution in [1.82, 2.24) is 0 Å². The highest BCUT2D eigenvalue weighted by atomic mass is 16.5. The van der Waals surface area contributed by atoms with Crippen molar-refractivity contribution in [3.8, 4) is 0 Å². The Morgan fingerprint density at radius 2 is 2.07 bits per heavy atom. The first-order valence-electron chi connectivity index (χ1n) is 5.63. The molecule has 1 saturated heterocycles. The Hall–Kier alpha value is -0.860. The van der Waals surface area contributed by atoms with E-state index in [1.54, 1.807) is 0 Å². The maximum Gasteiger partial charge on any atom is 0.0515 e. The van der Waals surface area contributed by atoms with E-state index in [1.807, 2.05) is 18.2 Å². The molecule has 2 unspecified atom stereocenters. The maximum absolute atomic E-state index is 6.43. The minimum atomic E-state index is -0.262. The van der Waals surface area contributed by atoms with Gasteiger partial charge in [0.2, 0.25) is 0 Å². The van der Waals surface area contributed by atoms with Crippen molar-refractivity contribution in [3.63, 3.8) is 0 Å². The first kappa shape index (κ1) is 10.7. The molecule has 15 heavy (non-hydrogen) atoms. The van der Waals surface area contributed by atoms with E-state index in [1.165, 1.54) is 12.0 Å². The molecule has 2 heteroatoms. The fourth-order valence-corrected chi connectivity index (χ4v) is 2.25. The summed E-state index contributed by atoms with van der Waals surface area (Å²) in [7, 11) is 0. The summed E-state index contributed by atoms with van der Waals surface area (Å²) in [5.74, 6) is 0.439. The van der Waals surface area contributed by atoms with Gasteiger partial charge in [0, 0.05) is 18.1 Å². The van der Waals surface area contributed by atoms with Crippen molar-refractivity contribution in [1.29, 1.82) is 0 Å². The van der Waals surface area contributed by atoms with Crippen LogP contribution in [0.25, 0.3) is 0 Å². The Kier molecular flexibility index (Phi) is 3.08. The lowest BCUT2D eigenvalue weighted by atomic mass is 9.78. The summed E-state index contributed by atoms with van der Waals surface area (Å²) in [4.78, 5) is 0. The second kappa shape index (κ2) is 4.33. The van der Waals surface area contributed by atoms with Crippen LogP contribution in [0.5, 0.6) is 0 Å². The van der Waals surface area contributed by atoms with Gasteiger partial charge in [0.25, 0.3) is 0 Å². The van der Waals surface area contributed by atoms with E-state index < -0.39 is 0 Å². The molecule has 0 saturated carbocycles. The molecule has 0 amide bonds. The van der Waals surface area contributed by atoms with Gasteiger partial charge in [-0.3, -0.25) is 0 Å². The van der Waals surface area contributed by atoms with Crippen LogP contribution in [-0.2, 0) is 10.3 Å². The van der Waals surface area contributed by atoms with Gasteiger partial charge in [0.1, 0.15) is 0 Å². The maximum atomic E-state index is 6.43. The van der Waals surface area contributed by atoms with E-state index in [9.17, 15) is 0 Å². The van der Waals surface area contributed by atoms with Crippen molar-refractivity contribution in [2.24, 2.45) is 11.7 Å². The van der Waals surface area contributed by atoms with Gasteiger partial charge in [0.05, 0.1) is 6.61 Å². The van der Waals surface area contributed by atoms with Crippen LogP contribution in [0.4, 0.5) is 0 Å². The van der Waals surface area contributed by atoms with Crippen LogP contribution in [0.1, 0.15) is 25.3 Å². The Labute approximate surface area is 91.4 Å². The number of ether oxygens (including phenoxy) is 1. The van der Waals surface area contributed by atoms with Gasteiger partial charge in [-0.2, -0.15) is 0 Å². The first-order chi connectivity index (χ1) is 7.21. The lowest BCUT2D eigenvalue weighted by Crippen LogP contribution is -2.44. The molecule has 1 heterocycles. The largest absolute Gasteiger partial charge is 0.381 e. The fourth-order valence-electron chi connectivity index (χ4n) is 2.25. The molecule has 1 aromatic carbocycles. The van der Waals surface area contributed by atoms with Crippen LogP contribution in [0, 0.1) is 5.92 Å². The molecule has 1 fully saturated rings. The van der Waals surface area contributed by atoms with Crippen LogP contribution in [0.3, 0.4) is 0 Å². The standard InChI is InChI=1S/C13H19NO/c1-13(14,11-6-3-2-4-7-11)12-8-5-9-15-10-12/h2-4,6-7,12H,5,8-10,14H2,1H3. The molecule has 0 bridgehead atoms. The predicted octanol–water partition coefficient (Wildman–Crippen LogP) is 2.29. The van der Waals surface area contributed by atoms with E-state index in [-0.39, 0.29) is 5.54 Å². The van der Waals surface area contributed by atoms with Crippen molar-refractivity contribution in [2.75, 3.05) is 13.2 Å². The highest BCUT2D eigenvalue weighted by Gasteiger charge is 2.33. The first-order valence-corrected chi connectivity index (χ1v) is 5.63. The quantitative estimate of drug-likeness (QED) is 0.804. The van der Waals surface area contributed by atoms with Crippen LogP contribution in [0.15, 0.2) is 30.3 Å². The average molecular weight is 205 g/mol. The van der Waals surface area contributed by atoms with E-state index in [0.717, 1.165) is 19.6 Å². The summed E-state index contributed by atoms with van der Waals surface area (Å²) >= 11 is 0. The Balaban J connectivity index is 2.18. The smallest absolute Gasteiger partial charge is 0.0515 e. The number of benzene rings is 1. The summed E-state index contributed by atoms with van der Waals surface area (Å²) in [6, 6.07) is 10.3. The van der Waals surface area contributed by atoms with Crippen molar-refractivity contribution < 1.29 is 4.74 Å². The molecule has 2 N–H and O–H groups in total. The van der Waals surface area contributed by atoms with E-state index in [0.29, 0.717) is 5.92 Å². The third kappa shape index (κ3) is 2.21. The molecule has 82 valence electrons. The Morgan fingerprint density at radius 3 is 2.67 bits per heavy atom. The molecule has 1 aromatic rings. The van der Waals surface area contributed by atoms with Crippen LogP contribution < -0.4 is 5.73 Å². The number of nitrogens with two attached hydrogens (primary N) is 1. The van der Waals surface area contributed by atoms with Gasteiger partial charge in [-0.05, 0) is 25.3 Å². The third-order valence-electron chi connectivity index (χ3n) is 3.40. The number of hydrogen-bond donors (Lipinski definition) is 1. The SMILES string of the molecule is CC(N)(c1ccccc1)C1CCCOC1. The fraction of sp³-hybridized carbons (Fsp3) is 0.538. The molecule has 0 aliphatic carbocycles. The molecular weight excluding hydrogens is 186 g/mol. The highest BCUT2D eigenvalue weighted by Crippen LogP contribution is 2.32. The monoisotopic (exact) mass is 205 g/mol. The van der Waals surface area contributed by atoms with Crippen molar-refractivity contribution in [2.45, 2.75) is 25.3 Å². The topological polar surface area (TPSA) is 35.2 Å². The zero-order valence-electron chi connectivity index (χ0n) is 9.28. The van der Waals surface area contributed by atoms with E-state index in [4.69, 9.17) is 10.5 Å². The predicted molar refractivity (Wildman–Crippen MR) is 61.5 cm³/mol. The van der Waals surface area contributed by atoms with Crippen LogP contribution in [-0.4, -0.2) is 13.2 Å². The second-order valence-electron chi connectivity index (χ2n) is 4.56. The van der Waals surface area contributed by atoms with Gasteiger partial charge in [-0.25, -0.2) is 0 Å². The summed E-state index contributed by atoms with van der Waals surface area (Å²) in [6.45, 7) is 3.80. The molecule has 2 atom stereocenters. The van der Waals surface area contributed by atoms with Gasteiger partial charge in [-0.1, -0.05) is 30.3 Å². The zero-order valence-corrected chi connectivity index (χ0v) is 9.28. The van der Waals surface area contributed by atoms with Gasteiger partial charge >= 0.3 is 0 Å². The molecule has 1 aliphatic heterocycles. The minimum absolute atomic E-state index is 0.262. The second-order valence-corrected chi connectivity index (χ2v) is 4.56. The molecule has 2 nitrogen and oxygen atoms in total. The third-order valence-corrected chi connectivity index (χ3v) is 3.40. The number of hydrogen-bond acceptors (Lipinski definition) is 2. The van der Waals surface area contributed by atoms with Crippen molar-refractivity contribution in [3.05, 3.63) is 35.9 Å². The van der Waals surface area contributed by atoms with Gasteiger partial charge in [0.15, 0.2) is 0 Å². The summed E-state index contributed by atoms with van der Waals surface area (Å²) in [5, 5.41) is 0. The molecule has 0 spiro atoms. The summed E-state index contributed by atoms with van der Waals surface area (Å²) < 4.78 is 5.51. The zero-order chi connectivity index (χ0) is 10.7. The van der Waals surface area contributed by atoms with Crippen LogP contribution >= 0.6 is 0 Å². The van der Waals surface area contributed by atoms with Crippen LogP contribution in [0.2, 0.25) is 0 Å². The van der Waals surface area contributed by atoms with Gasteiger partial charge in [-0.15, -0.1) is 0 Å². The normalized spacial score (nSPS) is 25.9. The summed E-state index contributed by atoms with van der Waals surface area (Å²) in [6.07, 6.45) is 2.30. The molecule has 1 aliphatic rings. The molecular formula is C13H19NO. The lowest BCUT2D eigenvalue weighted by Gasteiger charge is -2.37. The molecule has 0 radical (unpaired) electrons. The Bertz CT molecular complexity index is 302. The minimum Gasteiger partial charge on any atom is -0.381 e. The Morgan fingerprint density at radius 1 is 1.33 bits per heavy atom. The molecule has 0 aromatic heterocycles. The highest BCUT2D eigenvalue weighted by molar-refractivity contribution is 5.24. The summed E-state index contributed by atoms with van der Waals surface area (Å²) in [5.41, 5.74) is 7.38. The number of rotatable bonds is 2. The van der Waals surface area contributed by atoms with Gasteiger partial charge < -0.3 is 10.5 Å².